The Bertz CT molecular complexity index is 846. The molecule has 0 amide bonds. The molecular weight excluding hydrogens is 251 g/mol. The first-order valence-corrected chi connectivity index (χ1v) is 5.60. The molecule has 0 saturated heterocycles. The second-order valence-electron chi connectivity index (χ2n) is 4.06. The summed E-state index contributed by atoms with van der Waals surface area (Å²) < 4.78 is 19.7. The van der Waals surface area contributed by atoms with Crippen LogP contribution in [0, 0.1) is 5.82 Å². The van der Waals surface area contributed by atoms with E-state index in [9.17, 15) is 14.0 Å². The molecule has 5 nitrogen and oxygen atoms in total. The number of nitrogens with zero attached hydrogens (tertiary/aromatic N) is 1. The summed E-state index contributed by atoms with van der Waals surface area (Å²) in [6.07, 6.45) is 1.44. The lowest BCUT2D eigenvalue weighted by Crippen LogP contribution is -2.35. The molecule has 0 unspecified atom stereocenters. The van der Waals surface area contributed by atoms with E-state index < -0.39 is 17.1 Å². The maximum atomic E-state index is 13.7. The highest BCUT2D eigenvalue weighted by Gasteiger charge is 2.12. The summed E-state index contributed by atoms with van der Waals surface area (Å²) in [4.78, 5) is 26.5. The smallest absolute Gasteiger partial charge is 0.329 e. The molecular formula is C13H9FN2O3. The van der Waals surface area contributed by atoms with Gasteiger partial charge in [0.2, 0.25) is 0 Å². The average Bonchev–Trinajstić information content (AvgIpc) is 2.87. The third-order valence-electron chi connectivity index (χ3n) is 2.85. The van der Waals surface area contributed by atoms with Gasteiger partial charge in [0.25, 0.3) is 5.56 Å². The highest BCUT2D eigenvalue weighted by Crippen LogP contribution is 2.10. The van der Waals surface area contributed by atoms with Gasteiger partial charge in [-0.25, -0.2) is 9.18 Å². The van der Waals surface area contributed by atoms with E-state index in [4.69, 9.17) is 4.42 Å². The van der Waals surface area contributed by atoms with Crippen molar-refractivity contribution in [3.8, 4) is 0 Å². The fourth-order valence-electron chi connectivity index (χ4n) is 1.96. The van der Waals surface area contributed by atoms with Gasteiger partial charge in [-0.1, -0.05) is 6.07 Å². The molecule has 0 aliphatic carbocycles. The Kier molecular flexibility index (Phi) is 2.56. The zero-order valence-corrected chi connectivity index (χ0v) is 9.72. The van der Waals surface area contributed by atoms with Crippen LogP contribution in [-0.2, 0) is 6.54 Å². The summed E-state index contributed by atoms with van der Waals surface area (Å²) in [5, 5.41) is -0.131. The second kappa shape index (κ2) is 4.24. The van der Waals surface area contributed by atoms with E-state index in [1.54, 1.807) is 12.1 Å². The number of aromatic amines is 1. The maximum absolute atomic E-state index is 13.7. The molecule has 6 heteroatoms. The van der Waals surface area contributed by atoms with Gasteiger partial charge in [-0.2, -0.15) is 0 Å². The van der Waals surface area contributed by atoms with Crippen LogP contribution in [0.4, 0.5) is 4.39 Å². The lowest BCUT2D eigenvalue weighted by molar-refractivity contribution is 0.484. The monoisotopic (exact) mass is 260 g/mol. The van der Waals surface area contributed by atoms with Crippen molar-refractivity contribution in [2.45, 2.75) is 6.54 Å². The average molecular weight is 260 g/mol. The predicted molar refractivity (Wildman–Crippen MR) is 66.6 cm³/mol. The second-order valence-corrected chi connectivity index (χ2v) is 4.06. The van der Waals surface area contributed by atoms with Gasteiger partial charge >= 0.3 is 5.69 Å². The van der Waals surface area contributed by atoms with Crippen molar-refractivity contribution >= 4 is 10.9 Å². The molecule has 3 rings (SSSR count). The first-order chi connectivity index (χ1) is 9.16. The van der Waals surface area contributed by atoms with Crippen LogP contribution in [-0.4, -0.2) is 9.55 Å². The fraction of sp³-hybridized carbons (Fsp3) is 0.0769. The predicted octanol–water partition coefficient (Wildman–Crippen LogP) is 1.47. The molecule has 1 N–H and O–H groups in total. The third kappa shape index (κ3) is 1.87. The van der Waals surface area contributed by atoms with Crippen molar-refractivity contribution in [1.29, 1.82) is 0 Å². The van der Waals surface area contributed by atoms with Crippen LogP contribution in [0.3, 0.4) is 0 Å². The van der Waals surface area contributed by atoms with E-state index in [2.05, 4.69) is 4.98 Å². The molecule has 2 heterocycles. The molecule has 19 heavy (non-hydrogen) atoms. The highest BCUT2D eigenvalue weighted by atomic mass is 19.1. The Labute approximate surface area is 105 Å². The van der Waals surface area contributed by atoms with Crippen molar-refractivity contribution in [2.75, 3.05) is 0 Å². The highest BCUT2D eigenvalue weighted by molar-refractivity contribution is 5.77. The summed E-state index contributed by atoms with van der Waals surface area (Å²) in [5.74, 6) is -0.213. The lowest BCUT2D eigenvalue weighted by Gasteiger charge is -2.05. The molecule has 0 atom stereocenters. The van der Waals surface area contributed by atoms with Gasteiger partial charge in [-0.05, 0) is 24.3 Å². The summed E-state index contributed by atoms with van der Waals surface area (Å²) >= 11 is 0. The zero-order chi connectivity index (χ0) is 13.4. The number of nitrogens with one attached hydrogen (secondary N) is 1. The Morgan fingerprint density at radius 2 is 2.05 bits per heavy atom. The minimum atomic E-state index is -0.673. The number of hydrogen-bond donors (Lipinski definition) is 1. The fourth-order valence-corrected chi connectivity index (χ4v) is 1.96. The van der Waals surface area contributed by atoms with E-state index in [0.717, 1.165) is 4.57 Å². The molecule has 96 valence electrons. The number of benzene rings is 1. The Hall–Kier alpha value is -2.63. The van der Waals surface area contributed by atoms with E-state index >= 15 is 0 Å². The van der Waals surface area contributed by atoms with E-state index in [1.165, 1.54) is 24.5 Å². The van der Waals surface area contributed by atoms with Crippen molar-refractivity contribution in [1.82, 2.24) is 9.55 Å². The molecule has 0 aliphatic rings. The summed E-state index contributed by atoms with van der Waals surface area (Å²) in [5.41, 5.74) is -1.08. The van der Waals surface area contributed by atoms with Crippen molar-refractivity contribution in [3.05, 3.63) is 69.0 Å². The van der Waals surface area contributed by atoms with E-state index in [1.807, 2.05) is 0 Å². The van der Waals surface area contributed by atoms with Gasteiger partial charge in [-0.15, -0.1) is 0 Å². The molecule has 1 aromatic carbocycles. The molecule has 3 aromatic rings. The van der Waals surface area contributed by atoms with Gasteiger partial charge in [0, 0.05) is 0 Å². The van der Waals surface area contributed by atoms with E-state index in [-0.39, 0.29) is 17.4 Å². The molecule has 0 fully saturated rings. The third-order valence-corrected chi connectivity index (χ3v) is 2.85. The zero-order valence-electron chi connectivity index (χ0n) is 9.72. The lowest BCUT2D eigenvalue weighted by atomic mass is 10.2. The van der Waals surface area contributed by atoms with Crippen LogP contribution < -0.4 is 11.2 Å². The maximum Gasteiger partial charge on any atom is 0.329 e. The number of aromatic nitrogens is 2. The SMILES string of the molecule is O=c1[nH]c2cccc(F)c2c(=O)n1Cc1ccco1. The number of rotatable bonds is 2. The van der Waals surface area contributed by atoms with Crippen LogP contribution >= 0.6 is 0 Å². The number of H-pyrrole nitrogens is 1. The van der Waals surface area contributed by atoms with Gasteiger partial charge in [0.05, 0.1) is 23.7 Å². The van der Waals surface area contributed by atoms with Gasteiger partial charge in [-0.3, -0.25) is 9.36 Å². The van der Waals surface area contributed by atoms with Gasteiger partial charge in [0.1, 0.15) is 11.6 Å². The molecule has 0 spiro atoms. The largest absolute Gasteiger partial charge is 0.467 e. The topological polar surface area (TPSA) is 68.0 Å². The normalized spacial score (nSPS) is 11.0. The summed E-state index contributed by atoms with van der Waals surface area (Å²) in [6, 6.07) is 7.38. The van der Waals surface area contributed by atoms with Gasteiger partial charge < -0.3 is 9.40 Å². The van der Waals surface area contributed by atoms with Crippen molar-refractivity contribution < 1.29 is 8.81 Å². The van der Waals surface area contributed by atoms with Crippen molar-refractivity contribution in [3.63, 3.8) is 0 Å². The van der Waals surface area contributed by atoms with Crippen LogP contribution in [0.5, 0.6) is 0 Å². The standard InChI is InChI=1S/C13H9FN2O3/c14-9-4-1-5-10-11(9)12(17)16(13(18)15-10)7-8-3-2-6-19-8/h1-6H,7H2,(H,15,18). The molecule has 0 radical (unpaired) electrons. The number of halogens is 1. The quantitative estimate of drug-likeness (QED) is 0.758. The molecule has 2 aromatic heterocycles. The van der Waals surface area contributed by atoms with Crippen LogP contribution in [0.1, 0.15) is 5.76 Å². The van der Waals surface area contributed by atoms with Crippen LogP contribution in [0.15, 0.2) is 50.6 Å². The van der Waals surface area contributed by atoms with Crippen molar-refractivity contribution in [2.24, 2.45) is 0 Å². The molecule has 0 aliphatic heterocycles. The first kappa shape index (κ1) is 11.5. The van der Waals surface area contributed by atoms with Gasteiger partial charge in [0.15, 0.2) is 0 Å². The molecule has 0 bridgehead atoms. The number of furan rings is 1. The Morgan fingerprint density at radius 1 is 1.21 bits per heavy atom. The first-order valence-electron chi connectivity index (χ1n) is 5.60. The Morgan fingerprint density at radius 3 is 2.79 bits per heavy atom. The Balaban J connectivity index is 2.28. The van der Waals surface area contributed by atoms with Crippen LogP contribution in [0.25, 0.3) is 10.9 Å². The summed E-state index contributed by atoms with van der Waals surface area (Å²) in [7, 11) is 0. The minimum absolute atomic E-state index is 0.0363. The summed E-state index contributed by atoms with van der Waals surface area (Å²) in [6.45, 7) is -0.0363. The number of fused-ring (bicyclic) bond motifs is 1. The number of hydrogen-bond acceptors (Lipinski definition) is 3. The van der Waals surface area contributed by atoms with E-state index in [0.29, 0.717) is 5.76 Å². The minimum Gasteiger partial charge on any atom is -0.467 e. The molecule has 0 saturated carbocycles. The van der Waals surface area contributed by atoms with Crippen LogP contribution in [0.2, 0.25) is 0 Å².